The minimum absolute atomic E-state index is 0.0284. The summed E-state index contributed by atoms with van der Waals surface area (Å²) in [5, 5.41) is 8.97. The fourth-order valence-electron chi connectivity index (χ4n) is 3.12. The van der Waals surface area contributed by atoms with Gasteiger partial charge in [-0.05, 0) is 49.2 Å². The van der Waals surface area contributed by atoms with Gasteiger partial charge >= 0.3 is 5.97 Å². The van der Waals surface area contributed by atoms with Crippen molar-refractivity contribution in [3.8, 4) is 0 Å². The van der Waals surface area contributed by atoms with Gasteiger partial charge in [0, 0.05) is 18.2 Å². The van der Waals surface area contributed by atoms with Crippen LogP contribution in [0.15, 0.2) is 52.0 Å². The lowest BCUT2D eigenvalue weighted by Crippen LogP contribution is -2.36. The van der Waals surface area contributed by atoms with E-state index in [1.807, 2.05) is 0 Å². The van der Waals surface area contributed by atoms with E-state index in [2.05, 4.69) is 4.72 Å². The number of benzene rings is 1. The molecule has 0 bridgehead atoms. The van der Waals surface area contributed by atoms with Crippen LogP contribution in [0.25, 0.3) is 0 Å². The highest BCUT2D eigenvalue weighted by molar-refractivity contribution is 7.89. The molecule has 1 unspecified atom stereocenters. The van der Waals surface area contributed by atoms with E-state index in [-0.39, 0.29) is 29.8 Å². The number of amides is 1. The van der Waals surface area contributed by atoms with E-state index in [0.717, 1.165) is 6.42 Å². The summed E-state index contributed by atoms with van der Waals surface area (Å²) >= 11 is 0. The molecule has 0 spiro atoms. The second kappa shape index (κ2) is 7.93. The van der Waals surface area contributed by atoms with Crippen molar-refractivity contribution in [2.24, 2.45) is 0 Å². The third-order valence-corrected chi connectivity index (χ3v) is 5.89. The monoisotopic (exact) mass is 392 g/mol. The molecule has 2 heterocycles. The number of hydrogen-bond donors (Lipinski definition) is 2. The number of carboxylic acids is 1. The molecule has 27 heavy (non-hydrogen) atoms. The first-order chi connectivity index (χ1) is 12.9. The van der Waals surface area contributed by atoms with E-state index in [0.29, 0.717) is 24.3 Å². The van der Waals surface area contributed by atoms with Gasteiger partial charge in [0.25, 0.3) is 5.91 Å². The zero-order valence-corrected chi connectivity index (χ0v) is 15.3. The Morgan fingerprint density at radius 2 is 1.96 bits per heavy atom. The highest BCUT2D eigenvalue weighted by atomic mass is 32.2. The van der Waals surface area contributed by atoms with Gasteiger partial charge in [-0.2, -0.15) is 0 Å². The molecule has 1 aliphatic heterocycles. The van der Waals surface area contributed by atoms with Crippen LogP contribution in [0.2, 0.25) is 0 Å². The molecule has 1 saturated heterocycles. The lowest BCUT2D eigenvalue weighted by Gasteiger charge is -2.23. The number of carbonyl (C=O) groups excluding carboxylic acids is 1. The smallest absolute Gasteiger partial charge is 0.305 e. The molecule has 0 saturated carbocycles. The Labute approximate surface area is 156 Å². The molecule has 2 aromatic rings. The lowest BCUT2D eigenvalue weighted by atomic mass is 10.1. The maximum absolute atomic E-state index is 12.6. The third kappa shape index (κ3) is 4.55. The van der Waals surface area contributed by atoms with Gasteiger partial charge in [0.15, 0.2) is 0 Å². The molecule has 1 aromatic carbocycles. The maximum Gasteiger partial charge on any atom is 0.305 e. The van der Waals surface area contributed by atoms with Gasteiger partial charge in [-0.3, -0.25) is 9.59 Å². The average molecular weight is 392 g/mol. The van der Waals surface area contributed by atoms with Crippen LogP contribution in [0.4, 0.5) is 0 Å². The Bertz CT molecular complexity index is 906. The quantitative estimate of drug-likeness (QED) is 0.742. The predicted octanol–water partition coefficient (Wildman–Crippen LogP) is 1.84. The Kier molecular flexibility index (Phi) is 5.62. The van der Waals surface area contributed by atoms with E-state index in [1.165, 1.54) is 30.5 Å². The first-order valence-corrected chi connectivity index (χ1v) is 10.00. The number of nitrogens with zero attached hydrogens (tertiary/aromatic N) is 1. The van der Waals surface area contributed by atoms with Crippen LogP contribution in [0, 0.1) is 0 Å². The van der Waals surface area contributed by atoms with Gasteiger partial charge < -0.3 is 14.4 Å². The van der Waals surface area contributed by atoms with E-state index < -0.39 is 16.0 Å². The molecular weight excluding hydrogens is 372 g/mol. The van der Waals surface area contributed by atoms with E-state index in [9.17, 15) is 18.0 Å². The van der Waals surface area contributed by atoms with Crippen molar-refractivity contribution in [1.82, 2.24) is 9.62 Å². The summed E-state index contributed by atoms with van der Waals surface area (Å²) in [5.41, 5.74) is 0.331. The summed E-state index contributed by atoms with van der Waals surface area (Å²) in [4.78, 5) is 25.2. The Morgan fingerprint density at radius 3 is 2.59 bits per heavy atom. The topological polar surface area (TPSA) is 117 Å². The van der Waals surface area contributed by atoms with Crippen LogP contribution >= 0.6 is 0 Å². The molecule has 1 aromatic heterocycles. The standard InChI is InChI=1S/C18H20N2O6S/c21-17(22)11-14-3-1-9-20(14)18(23)13-5-7-16(8-6-13)27(24,25)19-12-15-4-2-10-26-15/h2,4-8,10,14,19H,1,3,9,11-12H2,(H,21,22). The molecule has 3 rings (SSSR count). The molecule has 2 N–H and O–H groups in total. The van der Waals surface area contributed by atoms with Crippen LogP contribution in [-0.4, -0.2) is 42.9 Å². The molecule has 0 radical (unpaired) electrons. The third-order valence-electron chi connectivity index (χ3n) is 4.48. The summed E-state index contributed by atoms with van der Waals surface area (Å²) in [6.07, 6.45) is 2.78. The number of carboxylic acid groups (broad SMARTS) is 1. The summed E-state index contributed by atoms with van der Waals surface area (Å²) < 4.78 is 32.2. The summed E-state index contributed by atoms with van der Waals surface area (Å²) in [6.45, 7) is 0.530. The zero-order valence-electron chi connectivity index (χ0n) is 14.5. The second-order valence-corrected chi connectivity index (χ2v) is 8.09. The summed E-state index contributed by atoms with van der Waals surface area (Å²) in [5.74, 6) is -0.737. The number of likely N-dealkylation sites (tertiary alicyclic amines) is 1. The second-order valence-electron chi connectivity index (χ2n) is 6.32. The van der Waals surface area contributed by atoms with Gasteiger partial charge in [0.2, 0.25) is 10.0 Å². The lowest BCUT2D eigenvalue weighted by molar-refractivity contribution is -0.137. The average Bonchev–Trinajstić information content (AvgIpc) is 3.31. The fourth-order valence-corrected chi connectivity index (χ4v) is 4.12. The van der Waals surface area contributed by atoms with Crippen molar-refractivity contribution in [3.05, 3.63) is 54.0 Å². The minimum Gasteiger partial charge on any atom is -0.481 e. The molecule has 1 fully saturated rings. The maximum atomic E-state index is 12.6. The van der Waals surface area contributed by atoms with Crippen LogP contribution < -0.4 is 4.72 Å². The van der Waals surface area contributed by atoms with Gasteiger partial charge in [-0.1, -0.05) is 0 Å². The first kappa shape index (κ1) is 19.1. The molecule has 1 atom stereocenters. The number of hydrogen-bond acceptors (Lipinski definition) is 5. The van der Waals surface area contributed by atoms with Crippen LogP contribution in [0.3, 0.4) is 0 Å². The molecule has 1 aliphatic rings. The van der Waals surface area contributed by atoms with E-state index in [4.69, 9.17) is 9.52 Å². The Balaban J connectivity index is 1.69. The van der Waals surface area contributed by atoms with Crippen molar-refractivity contribution in [2.45, 2.75) is 36.7 Å². The fraction of sp³-hybridized carbons (Fsp3) is 0.333. The number of carbonyl (C=O) groups is 2. The Morgan fingerprint density at radius 1 is 1.22 bits per heavy atom. The number of furan rings is 1. The van der Waals surface area contributed by atoms with Crippen LogP contribution in [0.5, 0.6) is 0 Å². The Hall–Kier alpha value is -2.65. The molecule has 1 amide bonds. The molecule has 0 aliphatic carbocycles. The van der Waals surface area contributed by atoms with Crippen LogP contribution in [-0.2, 0) is 21.4 Å². The number of nitrogens with one attached hydrogen (secondary N) is 1. The number of rotatable bonds is 7. The first-order valence-electron chi connectivity index (χ1n) is 8.52. The SMILES string of the molecule is O=C(O)CC1CCCN1C(=O)c1ccc(S(=O)(=O)NCc2ccco2)cc1. The van der Waals surface area contributed by atoms with Crippen molar-refractivity contribution in [3.63, 3.8) is 0 Å². The van der Waals surface area contributed by atoms with Crippen molar-refractivity contribution in [2.75, 3.05) is 6.54 Å². The van der Waals surface area contributed by atoms with E-state index >= 15 is 0 Å². The van der Waals surface area contributed by atoms with Gasteiger partial charge in [0.05, 0.1) is 24.1 Å². The molecule has 8 nitrogen and oxygen atoms in total. The number of sulfonamides is 1. The predicted molar refractivity (Wildman–Crippen MR) is 95.5 cm³/mol. The van der Waals surface area contributed by atoms with Gasteiger partial charge in [0.1, 0.15) is 5.76 Å². The van der Waals surface area contributed by atoms with Crippen LogP contribution in [0.1, 0.15) is 35.4 Å². The van der Waals surface area contributed by atoms with Crippen molar-refractivity contribution in [1.29, 1.82) is 0 Å². The molecule has 9 heteroatoms. The van der Waals surface area contributed by atoms with E-state index in [1.54, 1.807) is 17.0 Å². The largest absolute Gasteiger partial charge is 0.481 e. The minimum atomic E-state index is -3.74. The van der Waals surface area contributed by atoms with Gasteiger partial charge in [-0.25, -0.2) is 13.1 Å². The zero-order chi connectivity index (χ0) is 19.4. The highest BCUT2D eigenvalue weighted by Gasteiger charge is 2.31. The summed E-state index contributed by atoms with van der Waals surface area (Å²) in [7, 11) is -3.74. The normalized spacial score (nSPS) is 17.2. The van der Waals surface area contributed by atoms with Gasteiger partial charge in [-0.15, -0.1) is 0 Å². The molecular formula is C18H20N2O6S. The highest BCUT2D eigenvalue weighted by Crippen LogP contribution is 2.23. The number of aliphatic carboxylic acids is 1. The van der Waals surface area contributed by atoms with Crippen molar-refractivity contribution < 1.29 is 27.5 Å². The summed E-state index contributed by atoms with van der Waals surface area (Å²) in [6, 6.07) is 8.61. The van der Waals surface area contributed by atoms with Crippen molar-refractivity contribution >= 4 is 21.9 Å². The molecule has 144 valence electrons.